The predicted molar refractivity (Wildman–Crippen MR) is 77.0 cm³/mol. The van der Waals surface area contributed by atoms with E-state index in [9.17, 15) is 9.59 Å². The first-order chi connectivity index (χ1) is 10.5. The molecule has 2 heterocycles. The van der Waals surface area contributed by atoms with E-state index in [0.717, 1.165) is 11.8 Å². The van der Waals surface area contributed by atoms with Gasteiger partial charge in [-0.15, -0.1) is 0 Å². The summed E-state index contributed by atoms with van der Waals surface area (Å²) in [6.45, 7) is 1.75. The number of nitrogens with one attached hydrogen (secondary N) is 1. The molecule has 0 saturated carbocycles. The molecule has 0 radical (unpaired) electrons. The Morgan fingerprint density at radius 2 is 1.77 bits per heavy atom. The molecule has 0 bridgehead atoms. The fraction of sp³-hybridized carbons (Fsp3) is 0.0714. The van der Waals surface area contributed by atoms with Crippen molar-refractivity contribution < 1.29 is 19.8 Å². The number of aliphatic carboxylic acids is 2. The van der Waals surface area contributed by atoms with Crippen molar-refractivity contribution >= 4 is 17.8 Å². The average molecular weight is 300 g/mol. The van der Waals surface area contributed by atoms with Gasteiger partial charge in [0, 0.05) is 35.9 Å². The smallest absolute Gasteiger partial charge is 0.344 e. The molecule has 0 amide bonds. The van der Waals surface area contributed by atoms with E-state index < -0.39 is 17.5 Å². The minimum absolute atomic E-state index is 0.291. The second-order valence-corrected chi connectivity index (χ2v) is 4.27. The van der Waals surface area contributed by atoms with E-state index in [2.05, 4.69) is 20.3 Å². The molecule has 0 aliphatic carbocycles. The highest BCUT2D eigenvalue weighted by Crippen LogP contribution is 2.17. The minimum atomic E-state index is -1.54. The maximum Gasteiger partial charge on any atom is 0.344 e. The number of anilines is 1. The Bertz CT molecular complexity index is 728. The van der Waals surface area contributed by atoms with E-state index in [1.165, 1.54) is 0 Å². The summed E-state index contributed by atoms with van der Waals surface area (Å²) in [6, 6.07) is 5.03. The Hall–Kier alpha value is -3.29. The quantitative estimate of drug-likeness (QED) is 0.429. The monoisotopic (exact) mass is 300 g/mol. The molecular weight excluding hydrogens is 288 g/mol. The van der Waals surface area contributed by atoms with Gasteiger partial charge in [-0.25, -0.2) is 19.6 Å². The first-order valence-corrected chi connectivity index (χ1v) is 6.17. The second-order valence-electron chi connectivity index (χ2n) is 4.27. The van der Waals surface area contributed by atoms with E-state index in [0.29, 0.717) is 17.3 Å². The third-order valence-corrected chi connectivity index (χ3v) is 2.62. The summed E-state index contributed by atoms with van der Waals surface area (Å²) in [4.78, 5) is 34.0. The van der Waals surface area contributed by atoms with Crippen molar-refractivity contribution in [2.45, 2.75) is 6.92 Å². The molecule has 0 saturated heterocycles. The van der Waals surface area contributed by atoms with Gasteiger partial charge in [0.05, 0.1) is 0 Å². The first kappa shape index (κ1) is 15.1. The summed E-state index contributed by atoms with van der Waals surface area (Å²) < 4.78 is 0. The van der Waals surface area contributed by atoms with Crippen molar-refractivity contribution in [1.82, 2.24) is 15.0 Å². The maximum absolute atomic E-state index is 10.8. The second kappa shape index (κ2) is 6.44. The zero-order chi connectivity index (χ0) is 16.1. The van der Waals surface area contributed by atoms with Crippen molar-refractivity contribution in [2.24, 2.45) is 0 Å². The van der Waals surface area contributed by atoms with Crippen LogP contribution in [0.4, 0.5) is 5.82 Å². The minimum Gasteiger partial charge on any atom is -0.477 e. The van der Waals surface area contributed by atoms with E-state index in [1.807, 2.05) is 0 Å². The molecule has 2 aromatic rings. The van der Waals surface area contributed by atoms with Crippen LogP contribution < -0.4 is 5.32 Å². The van der Waals surface area contributed by atoms with Gasteiger partial charge >= 0.3 is 11.9 Å². The summed E-state index contributed by atoms with van der Waals surface area (Å²) >= 11 is 0. The number of hydrogen-bond acceptors (Lipinski definition) is 6. The number of carboxylic acids is 2. The summed E-state index contributed by atoms with van der Waals surface area (Å²) in [6.07, 6.45) is 4.07. The summed E-state index contributed by atoms with van der Waals surface area (Å²) in [7, 11) is 0. The lowest BCUT2D eigenvalue weighted by molar-refractivity contribution is -0.140. The number of nitrogens with zero attached hydrogens (tertiary/aromatic N) is 3. The van der Waals surface area contributed by atoms with Gasteiger partial charge in [-0.05, 0) is 19.1 Å². The van der Waals surface area contributed by atoms with Gasteiger partial charge in [-0.1, -0.05) is 0 Å². The highest BCUT2D eigenvalue weighted by Gasteiger charge is 2.15. The van der Waals surface area contributed by atoms with Gasteiger partial charge in [0.15, 0.2) is 11.4 Å². The van der Waals surface area contributed by atoms with Crippen LogP contribution in [-0.4, -0.2) is 37.1 Å². The number of aryl methyl sites for hydroxylation is 1. The van der Waals surface area contributed by atoms with Crippen LogP contribution in [0.25, 0.3) is 11.4 Å². The van der Waals surface area contributed by atoms with E-state index >= 15 is 0 Å². The fourth-order valence-corrected chi connectivity index (χ4v) is 1.63. The Balaban J connectivity index is 2.33. The van der Waals surface area contributed by atoms with Crippen molar-refractivity contribution in [1.29, 1.82) is 0 Å². The molecule has 2 rings (SSSR count). The van der Waals surface area contributed by atoms with Crippen LogP contribution in [0, 0.1) is 6.92 Å². The molecule has 22 heavy (non-hydrogen) atoms. The summed E-state index contributed by atoms with van der Waals surface area (Å²) in [5, 5.41) is 20.1. The highest BCUT2D eigenvalue weighted by molar-refractivity contribution is 6.12. The normalized spacial score (nSPS) is 9.86. The molecule has 0 aliphatic heterocycles. The number of carboxylic acid groups (broad SMARTS) is 2. The Morgan fingerprint density at radius 3 is 2.36 bits per heavy atom. The van der Waals surface area contributed by atoms with Gasteiger partial charge in [0.25, 0.3) is 0 Å². The molecule has 8 heteroatoms. The molecule has 0 fully saturated rings. The Kier molecular flexibility index (Phi) is 4.42. The van der Waals surface area contributed by atoms with Crippen LogP contribution in [0.1, 0.15) is 5.69 Å². The number of pyridine rings is 1. The van der Waals surface area contributed by atoms with Gasteiger partial charge < -0.3 is 15.5 Å². The SMILES string of the molecule is Cc1cc(NC=C(C(=O)O)C(=O)O)nc(-c2ccncc2)n1. The number of carbonyl (C=O) groups is 2. The molecule has 0 unspecified atom stereocenters. The van der Waals surface area contributed by atoms with Crippen LogP contribution in [0.5, 0.6) is 0 Å². The van der Waals surface area contributed by atoms with Crippen LogP contribution in [0.2, 0.25) is 0 Å². The molecule has 112 valence electrons. The molecule has 0 aromatic carbocycles. The number of hydrogen-bond donors (Lipinski definition) is 3. The molecule has 2 aromatic heterocycles. The van der Waals surface area contributed by atoms with Crippen LogP contribution in [-0.2, 0) is 9.59 Å². The van der Waals surface area contributed by atoms with Gasteiger partial charge in [-0.3, -0.25) is 4.98 Å². The molecule has 8 nitrogen and oxygen atoms in total. The van der Waals surface area contributed by atoms with Gasteiger partial charge in [0.2, 0.25) is 0 Å². The largest absolute Gasteiger partial charge is 0.477 e. The molecule has 0 atom stereocenters. The predicted octanol–water partition coefficient (Wildman–Crippen LogP) is 1.31. The lowest BCUT2D eigenvalue weighted by atomic mass is 10.2. The fourth-order valence-electron chi connectivity index (χ4n) is 1.63. The van der Waals surface area contributed by atoms with E-state index in [-0.39, 0.29) is 0 Å². The number of rotatable bonds is 5. The zero-order valence-corrected chi connectivity index (χ0v) is 11.5. The average Bonchev–Trinajstić information content (AvgIpc) is 2.47. The Labute approximate surface area is 125 Å². The summed E-state index contributed by atoms with van der Waals surface area (Å²) in [5.74, 6) is -2.37. The molecule has 0 aliphatic rings. The molecule has 0 spiro atoms. The van der Waals surface area contributed by atoms with Crippen molar-refractivity contribution in [3.63, 3.8) is 0 Å². The van der Waals surface area contributed by atoms with Crippen molar-refractivity contribution in [3.8, 4) is 11.4 Å². The van der Waals surface area contributed by atoms with E-state index in [1.54, 1.807) is 37.5 Å². The zero-order valence-electron chi connectivity index (χ0n) is 11.5. The summed E-state index contributed by atoms with van der Waals surface area (Å²) in [5.41, 5.74) is 0.592. The van der Waals surface area contributed by atoms with Crippen LogP contribution >= 0.6 is 0 Å². The molecular formula is C14H12N4O4. The number of aromatic nitrogens is 3. The van der Waals surface area contributed by atoms with E-state index in [4.69, 9.17) is 10.2 Å². The lowest BCUT2D eigenvalue weighted by Gasteiger charge is -2.06. The van der Waals surface area contributed by atoms with Gasteiger partial charge in [-0.2, -0.15) is 0 Å². The van der Waals surface area contributed by atoms with Crippen molar-refractivity contribution in [3.05, 3.63) is 48.1 Å². The standard InChI is InChI=1S/C14H12N4O4/c1-8-6-11(16-7-10(13(19)20)14(21)22)18-12(17-8)9-2-4-15-5-3-9/h2-7H,1H3,(H,19,20)(H,21,22)(H,16,17,18). The van der Waals surface area contributed by atoms with Crippen LogP contribution in [0.15, 0.2) is 42.4 Å². The third-order valence-electron chi connectivity index (χ3n) is 2.62. The highest BCUT2D eigenvalue weighted by atomic mass is 16.4. The molecule has 3 N–H and O–H groups in total. The lowest BCUT2D eigenvalue weighted by Crippen LogP contribution is -2.13. The van der Waals surface area contributed by atoms with Gasteiger partial charge in [0.1, 0.15) is 5.82 Å². The van der Waals surface area contributed by atoms with Crippen LogP contribution in [0.3, 0.4) is 0 Å². The first-order valence-electron chi connectivity index (χ1n) is 6.17. The Morgan fingerprint density at radius 1 is 1.14 bits per heavy atom. The maximum atomic E-state index is 10.8. The van der Waals surface area contributed by atoms with Crippen molar-refractivity contribution in [2.75, 3.05) is 5.32 Å². The topological polar surface area (TPSA) is 125 Å². The third kappa shape index (κ3) is 3.63.